The molecule has 7 aromatic carbocycles. The van der Waals surface area contributed by atoms with E-state index in [-0.39, 0.29) is 0 Å². The van der Waals surface area contributed by atoms with E-state index in [0.717, 1.165) is 82.9 Å². The largest absolute Gasteiger partial charge is 0.456 e. The molecule has 2 aromatic heterocycles. The highest BCUT2D eigenvalue weighted by Gasteiger charge is 2.27. The molecule has 1 unspecified atom stereocenters. The Morgan fingerprint density at radius 3 is 2.06 bits per heavy atom. The van der Waals surface area contributed by atoms with E-state index < -0.39 is 6.17 Å². The van der Waals surface area contributed by atoms with Gasteiger partial charge in [-0.3, -0.25) is 0 Å². The molecule has 48 heavy (non-hydrogen) atoms. The van der Waals surface area contributed by atoms with Crippen molar-refractivity contribution in [3.8, 4) is 11.1 Å². The smallest absolute Gasteiger partial charge is 0.159 e. The van der Waals surface area contributed by atoms with Crippen LogP contribution in [0.4, 0.5) is 0 Å². The molecule has 5 heteroatoms. The first-order valence-electron chi connectivity index (χ1n) is 16.1. The van der Waals surface area contributed by atoms with Gasteiger partial charge in [-0.05, 0) is 40.6 Å². The maximum Gasteiger partial charge on any atom is 0.159 e. The number of aliphatic imine (C=N–C) groups is 2. The number of hydrogen-bond donors (Lipinski definition) is 1. The van der Waals surface area contributed by atoms with Crippen molar-refractivity contribution >= 4 is 66.3 Å². The number of para-hydroxylation sites is 2. The van der Waals surface area contributed by atoms with Gasteiger partial charge in [0.05, 0.1) is 0 Å². The summed E-state index contributed by atoms with van der Waals surface area (Å²) in [7, 11) is 0. The molecule has 3 heterocycles. The number of rotatable bonds is 4. The third-order valence-electron chi connectivity index (χ3n) is 9.35. The maximum absolute atomic E-state index is 6.62. The summed E-state index contributed by atoms with van der Waals surface area (Å²) in [6, 6.07) is 52.1. The van der Waals surface area contributed by atoms with E-state index >= 15 is 0 Å². The molecule has 1 N–H and O–H groups in total. The van der Waals surface area contributed by atoms with E-state index in [4.69, 9.17) is 18.8 Å². The fourth-order valence-electron chi connectivity index (χ4n) is 7.10. The van der Waals surface area contributed by atoms with Gasteiger partial charge in [-0.2, -0.15) is 0 Å². The van der Waals surface area contributed by atoms with E-state index in [9.17, 15) is 0 Å². The zero-order valence-electron chi connectivity index (χ0n) is 25.7. The minimum absolute atomic E-state index is 0.444. The third kappa shape index (κ3) is 4.18. The summed E-state index contributed by atoms with van der Waals surface area (Å²) in [6.07, 6.45) is -0.444. The van der Waals surface area contributed by atoms with Crippen molar-refractivity contribution in [3.63, 3.8) is 0 Å². The van der Waals surface area contributed by atoms with Crippen LogP contribution >= 0.6 is 0 Å². The number of hydrogen-bond acceptors (Lipinski definition) is 5. The van der Waals surface area contributed by atoms with Gasteiger partial charge in [0.2, 0.25) is 0 Å². The topological polar surface area (TPSA) is 63.0 Å². The first kappa shape index (κ1) is 26.7. The Bertz CT molecular complexity index is 2770. The summed E-state index contributed by atoms with van der Waals surface area (Å²) in [5.41, 5.74) is 8.44. The molecule has 0 saturated carbocycles. The van der Waals surface area contributed by atoms with Gasteiger partial charge in [-0.15, -0.1) is 0 Å². The normalized spacial score (nSPS) is 14.9. The summed E-state index contributed by atoms with van der Waals surface area (Å²) in [5.74, 6) is 1.40. The molecule has 1 aliphatic heterocycles. The Morgan fingerprint density at radius 2 is 1.21 bits per heavy atom. The van der Waals surface area contributed by atoms with Crippen LogP contribution in [0.25, 0.3) is 65.8 Å². The van der Waals surface area contributed by atoms with Gasteiger partial charge in [0, 0.05) is 43.8 Å². The predicted molar refractivity (Wildman–Crippen MR) is 196 cm³/mol. The van der Waals surface area contributed by atoms with Crippen LogP contribution in [0.1, 0.15) is 22.9 Å². The van der Waals surface area contributed by atoms with Gasteiger partial charge in [-0.25, -0.2) is 9.98 Å². The average molecular weight is 618 g/mol. The molecule has 0 spiro atoms. The Kier molecular flexibility index (Phi) is 5.87. The molecule has 0 saturated heterocycles. The van der Waals surface area contributed by atoms with E-state index in [2.05, 4.69) is 108 Å². The summed E-state index contributed by atoms with van der Waals surface area (Å²) in [6.45, 7) is 0. The standard InChI is InChI=1S/C43H27N3O2/c1-2-12-27(13-3-1)30-23-24-34(39-32-16-7-9-19-36(32)48-40(30)39)43-45-41(29-22-21-26-11-4-5-14-28(26)25-29)44-42(46-43)33-17-10-20-37-38(33)31-15-6-8-18-35(31)47-37/h1-25,43H,(H,44,45,46). The highest BCUT2D eigenvalue weighted by molar-refractivity contribution is 6.22. The summed E-state index contributed by atoms with van der Waals surface area (Å²) in [5, 5.41) is 10.2. The molecule has 0 fully saturated rings. The van der Waals surface area contributed by atoms with Gasteiger partial charge < -0.3 is 14.2 Å². The second kappa shape index (κ2) is 10.5. The summed E-state index contributed by atoms with van der Waals surface area (Å²) < 4.78 is 12.9. The Balaban J connectivity index is 1.22. The lowest BCUT2D eigenvalue weighted by Crippen LogP contribution is -2.33. The van der Waals surface area contributed by atoms with Crippen LogP contribution in [-0.2, 0) is 0 Å². The highest BCUT2D eigenvalue weighted by Crippen LogP contribution is 2.41. The zero-order valence-corrected chi connectivity index (χ0v) is 25.7. The first-order valence-corrected chi connectivity index (χ1v) is 16.1. The van der Waals surface area contributed by atoms with Gasteiger partial charge in [0.25, 0.3) is 0 Å². The fourth-order valence-corrected chi connectivity index (χ4v) is 7.10. The molecule has 1 atom stereocenters. The molecule has 10 rings (SSSR count). The van der Waals surface area contributed by atoms with E-state index in [1.54, 1.807) is 0 Å². The number of nitrogens with zero attached hydrogens (tertiary/aromatic N) is 2. The molecule has 0 amide bonds. The van der Waals surface area contributed by atoms with Crippen LogP contribution in [0.5, 0.6) is 0 Å². The summed E-state index contributed by atoms with van der Waals surface area (Å²) >= 11 is 0. The molecule has 0 radical (unpaired) electrons. The lowest BCUT2D eigenvalue weighted by molar-refractivity contribution is 0.663. The molecule has 0 aliphatic carbocycles. The predicted octanol–water partition coefficient (Wildman–Crippen LogP) is 10.8. The fraction of sp³-hybridized carbons (Fsp3) is 0.0233. The van der Waals surface area contributed by atoms with Gasteiger partial charge in [0.1, 0.15) is 34.3 Å². The van der Waals surface area contributed by atoms with E-state index in [0.29, 0.717) is 5.84 Å². The van der Waals surface area contributed by atoms with Crippen molar-refractivity contribution < 1.29 is 8.83 Å². The number of furan rings is 2. The zero-order chi connectivity index (χ0) is 31.6. The van der Waals surface area contributed by atoms with Crippen LogP contribution in [0, 0.1) is 0 Å². The summed E-state index contributed by atoms with van der Waals surface area (Å²) in [4.78, 5) is 10.6. The molecular weight excluding hydrogens is 590 g/mol. The van der Waals surface area contributed by atoms with Crippen LogP contribution in [0.15, 0.2) is 170 Å². The second-order valence-electron chi connectivity index (χ2n) is 12.2. The lowest BCUT2D eigenvalue weighted by atomic mass is 9.96. The van der Waals surface area contributed by atoms with Crippen molar-refractivity contribution in [1.29, 1.82) is 0 Å². The van der Waals surface area contributed by atoms with Gasteiger partial charge in [-0.1, -0.05) is 127 Å². The molecule has 1 aliphatic rings. The highest BCUT2D eigenvalue weighted by atomic mass is 16.3. The number of nitrogens with one attached hydrogen (secondary N) is 1. The van der Waals surface area contributed by atoms with Crippen molar-refractivity contribution in [2.75, 3.05) is 0 Å². The van der Waals surface area contributed by atoms with Crippen LogP contribution in [0.2, 0.25) is 0 Å². The van der Waals surface area contributed by atoms with E-state index in [1.165, 1.54) is 5.39 Å². The molecule has 9 aromatic rings. The molecular formula is C43H27N3O2. The minimum Gasteiger partial charge on any atom is -0.456 e. The third-order valence-corrected chi connectivity index (χ3v) is 9.35. The van der Waals surface area contributed by atoms with Crippen LogP contribution < -0.4 is 5.32 Å². The van der Waals surface area contributed by atoms with Crippen molar-refractivity contribution in [3.05, 3.63) is 168 Å². The Hall–Kier alpha value is -6.46. The minimum atomic E-state index is -0.444. The van der Waals surface area contributed by atoms with Gasteiger partial charge >= 0.3 is 0 Å². The van der Waals surface area contributed by atoms with Gasteiger partial charge in [0.15, 0.2) is 5.84 Å². The molecule has 226 valence electrons. The van der Waals surface area contributed by atoms with E-state index in [1.807, 2.05) is 48.5 Å². The lowest BCUT2D eigenvalue weighted by Gasteiger charge is -2.25. The molecule has 5 nitrogen and oxygen atoms in total. The first-order chi connectivity index (χ1) is 23.8. The number of amidine groups is 2. The van der Waals surface area contributed by atoms with Crippen molar-refractivity contribution in [1.82, 2.24) is 5.32 Å². The second-order valence-corrected chi connectivity index (χ2v) is 12.2. The van der Waals surface area contributed by atoms with Crippen molar-refractivity contribution in [2.24, 2.45) is 9.98 Å². The van der Waals surface area contributed by atoms with Crippen LogP contribution in [0.3, 0.4) is 0 Å². The monoisotopic (exact) mass is 617 g/mol. The average Bonchev–Trinajstić information content (AvgIpc) is 3.74. The molecule has 0 bridgehead atoms. The Labute approximate surface area is 275 Å². The maximum atomic E-state index is 6.62. The SMILES string of the molecule is c1ccc(-c2ccc(C3N=C(c4ccc5ccccc5c4)N=C(c4cccc5oc6ccccc6c45)N3)c3c2oc2ccccc23)cc1. The quantitative estimate of drug-likeness (QED) is 0.214. The number of fused-ring (bicyclic) bond motifs is 7. The van der Waals surface area contributed by atoms with Crippen molar-refractivity contribution in [2.45, 2.75) is 6.17 Å². The van der Waals surface area contributed by atoms with Crippen LogP contribution in [-0.4, -0.2) is 11.7 Å². The Morgan fingerprint density at radius 1 is 0.500 bits per heavy atom. The number of benzene rings is 7.